The van der Waals surface area contributed by atoms with Gasteiger partial charge in [0, 0.05) is 10.1 Å². The molecule has 0 heterocycles. The lowest BCUT2D eigenvalue weighted by atomic mass is 9.98. The third-order valence-corrected chi connectivity index (χ3v) is 2.60. The van der Waals surface area contributed by atoms with Gasteiger partial charge < -0.3 is 0 Å². The largest absolute Gasteiger partial charge is 0.383 e. The van der Waals surface area contributed by atoms with E-state index in [0.29, 0.717) is 0 Å². The van der Waals surface area contributed by atoms with E-state index in [1.165, 1.54) is 30.3 Å². The van der Waals surface area contributed by atoms with E-state index in [4.69, 9.17) is 0 Å². The minimum atomic E-state index is -2.22. The molecule has 0 bridgehead atoms. The van der Waals surface area contributed by atoms with Crippen molar-refractivity contribution in [2.24, 2.45) is 0 Å². The summed E-state index contributed by atoms with van der Waals surface area (Å²) in [6.45, 7) is 0. The first kappa shape index (κ1) is 14.0. The smallest absolute Gasteiger partial charge is 0.249 e. The van der Waals surface area contributed by atoms with E-state index in [-0.39, 0.29) is 5.56 Å². The van der Waals surface area contributed by atoms with Gasteiger partial charge in [-0.25, -0.2) is 27.3 Å². The highest BCUT2D eigenvalue weighted by Gasteiger charge is 2.31. The predicted molar refractivity (Wildman–Crippen MR) is 58.2 cm³/mol. The van der Waals surface area contributed by atoms with Crippen LogP contribution in [-0.4, -0.2) is 5.97 Å². The van der Waals surface area contributed by atoms with Crippen LogP contribution in [0.1, 0.15) is 10.4 Å². The third kappa shape index (κ3) is 2.11. The molecular weight excluding hydrogens is 283 g/mol. The van der Waals surface area contributed by atoms with Gasteiger partial charge in [0.1, 0.15) is 5.56 Å². The summed E-state index contributed by atoms with van der Waals surface area (Å²) in [4.78, 5) is 13.9. The van der Waals surface area contributed by atoms with Crippen molar-refractivity contribution in [1.29, 1.82) is 0 Å². The van der Waals surface area contributed by atoms with Gasteiger partial charge in [0.15, 0.2) is 23.3 Å². The second kappa shape index (κ2) is 5.28. The molecule has 0 radical (unpaired) electrons. The lowest BCUT2D eigenvalue weighted by molar-refractivity contribution is -0.0791. The van der Waals surface area contributed by atoms with Crippen LogP contribution in [0.3, 0.4) is 0 Å². The van der Waals surface area contributed by atoms with Gasteiger partial charge in [0.2, 0.25) is 0 Å². The monoisotopic (exact) mass is 288 g/mol. The molecule has 20 heavy (non-hydrogen) atoms. The van der Waals surface area contributed by atoms with Gasteiger partial charge in [-0.3, -0.25) is 0 Å². The summed E-state index contributed by atoms with van der Waals surface area (Å²) in [6.07, 6.45) is 0. The van der Waals surface area contributed by atoms with Crippen molar-refractivity contribution >= 4 is 5.97 Å². The number of carbonyl (C=O) groups excluding carboxylic acids is 1. The molecule has 0 N–H and O–H groups in total. The lowest BCUT2D eigenvalue weighted by Crippen LogP contribution is -2.12. The molecule has 0 aliphatic carbocycles. The molecule has 0 fully saturated rings. The van der Waals surface area contributed by atoms with Crippen LogP contribution in [0.2, 0.25) is 0 Å². The van der Waals surface area contributed by atoms with E-state index in [1.807, 2.05) is 0 Å². The van der Waals surface area contributed by atoms with Crippen LogP contribution in [-0.2, 0) is 4.94 Å². The summed E-state index contributed by atoms with van der Waals surface area (Å²) in [5.74, 6) is -10.1. The van der Waals surface area contributed by atoms with Crippen molar-refractivity contribution in [3.63, 3.8) is 0 Å². The molecule has 0 aliphatic heterocycles. The maximum absolute atomic E-state index is 13.8. The maximum Gasteiger partial charge on any atom is 0.383 e. The number of carbonyl (C=O) groups is 1. The molecule has 2 nitrogen and oxygen atoms in total. The minimum Gasteiger partial charge on any atom is -0.249 e. The van der Waals surface area contributed by atoms with Crippen LogP contribution < -0.4 is 0 Å². The summed E-state index contributed by atoms with van der Waals surface area (Å²) < 4.78 is 65.7. The molecule has 2 aromatic rings. The number of hydrogen-bond acceptors (Lipinski definition) is 2. The molecule has 7 heteroatoms. The highest BCUT2D eigenvalue weighted by Crippen LogP contribution is 2.33. The Morgan fingerprint density at radius 3 is 1.95 bits per heavy atom. The van der Waals surface area contributed by atoms with Crippen LogP contribution in [0, 0.1) is 23.3 Å². The van der Waals surface area contributed by atoms with Gasteiger partial charge in [-0.1, -0.05) is 30.3 Å². The first-order chi connectivity index (χ1) is 9.49. The third-order valence-electron chi connectivity index (χ3n) is 2.60. The standard InChI is InChI=1S/C13H5F5O2/c14-9-7(6-4-2-1-3-5-6)8(13(19)20-18)10(15)12(17)11(9)16/h1-5H. The van der Waals surface area contributed by atoms with Gasteiger partial charge in [-0.15, -0.1) is 0 Å². The topological polar surface area (TPSA) is 26.3 Å². The van der Waals surface area contributed by atoms with Crippen molar-refractivity contribution in [3.8, 4) is 11.1 Å². The van der Waals surface area contributed by atoms with E-state index >= 15 is 0 Å². The fourth-order valence-electron chi connectivity index (χ4n) is 1.74. The lowest BCUT2D eigenvalue weighted by Gasteiger charge is -2.11. The average Bonchev–Trinajstić information content (AvgIpc) is 2.48. The first-order valence-electron chi connectivity index (χ1n) is 5.23. The zero-order chi connectivity index (χ0) is 14.9. The van der Waals surface area contributed by atoms with Crippen molar-refractivity contribution in [2.75, 3.05) is 0 Å². The number of rotatable bonds is 2. The molecule has 0 saturated carbocycles. The quantitative estimate of drug-likeness (QED) is 0.475. The molecule has 0 unspecified atom stereocenters. The van der Waals surface area contributed by atoms with Crippen LogP contribution in [0.4, 0.5) is 22.1 Å². The van der Waals surface area contributed by atoms with Crippen molar-refractivity contribution in [2.45, 2.75) is 0 Å². The molecule has 0 aromatic heterocycles. The molecule has 2 aromatic carbocycles. The average molecular weight is 288 g/mol. The Hall–Kier alpha value is -2.44. The molecule has 0 atom stereocenters. The normalized spacial score (nSPS) is 10.4. The Labute approximate surface area is 109 Å². The fourth-order valence-corrected chi connectivity index (χ4v) is 1.74. The molecule has 2 rings (SSSR count). The summed E-state index contributed by atoms with van der Waals surface area (Å²) in [7, 11) is 0. The summed E-state index contributed by atoms with van der Waals surface area (Å²) in [5.41, 5.74) is -2.40. The Balaban J connectivity index is 2.88. The number of benzene rings is 2. The Kier molecular flexibility index (Phi) is 3.69. The zero-order valence-electron chi connectivity index (χ0n) is 9.59. The molecule has 104 valence electrons. The van der Waals surface area contributed by atoms with Gasteiger partial charge >= 0.3 is 5.97 Å². The van der Waals surface area contributed by atoms with E-state index in [9.17, 15) is 26.9 Å². The summed E-state index contributed by atoms with van der Waals surface area (Å²) in [5, 5.41) is 0. The van der Waals surface area contributed by atoms with Crippen LogP contribution in [0.15, 0.2) is 30.3 Å². The van der Waals surface area contributed by atoms with E-state index in [0.717, 1.165) is 0 Å². The highest BCUT2D eigenvalue weighted by atomic mass is 19.3. The number of halogens is 5. The Morgan fingerprint density at radius 1 is 0.850 bits per heavy atom. The fraction of sp³-hybridized carbons (Fsp3) is 0. The first-order valence-corrected chi connectivity index (χ1v) is 5.23. The molecule has 0 saturated heterocycles. The second-order valence-corrected chi connectivity index (χ2v) is 3.74. The maximum atomic E-state index is 13.8. The van der Waals surface area contributed by atoms with E-state index < -0.39 is 40.4 Å². The second-order valence-electron chi connectivity index (χ2n) is 3.74. The number of hydrogen-bond donors (Lipinski definition) is 0. The zero-order valence-corrected chi connectivity index (χ0v) is 9.59. The van der Waals surface area contributed by atoms with Gasteiger partial charge in [0.25, 0.3) is 0 Å². The van der Waals surface area contributed by atoms with Crippen molar-refractivity contribution < 1.29 is 31.8 Å². The van der Waals surface area contributed by atoms with E-state index in [2.05, 4.69) is 4.94 Å². The molecule has 0 aliphatic rings. The van der Waals surface area contributed by atoms with Gasteiger partial charge in [0.05, 0.1) is 0 Å². The molecule has 0 spiro atoms. The van der Waals surface area contributed by atoms with Gasteiger partial charge in [-0.2, -0.15) is 0 Å². The minimum absolute atomic E-state index is 0.136. The SMILES string of the molecule is O=C(OF)c1c(F)c(F)c(F)c(F)c1-c1ccccc1. The summed E-state index contributed by atoms with van der Waals surface area (Å²) >= 11 is 0. The van der Waals surface area contributed by atoms with Crippen LogP contribution in [0.5, 0.6) is 0 Å². The van der Waals surface area contributed by atoms with Crippen LogP contribution >= 0.6 is 0 Å². The summed E-state index contributed by atoms with van der Waals surface area (Å²) in [6, 6.07) is 6.72. The molecular formula is C13H5F5O2. The van der Waals surface area contributed by atoms with Crippen molar-refractivity contribution in [1.82, 2.24) is 0 Å². The van der Waals surface area contributed by atoms with Gasteiger partial charge in [-0.05, 0) is 5.56 Å². The van der Waals surface area contributed by atoms with Crippen LogP contribution in [0.25, 0.3) is 11.1 Å². The van der Waals surface area contributed by atoms with E-state index in [1.54, 1.807) is 0 Å². The molecule has 0 amide bonds. The van der Waals surface area contributed by atoms with Crippen molar-refractivity contribution in [3.05, 3.63) is 59.2 Å². The predicted octanol–water partition coefficient (Wildman–Crippen LogP) is 3.95. The Morgan fingerprint density at radius 2 is 1.40 bits per heavy atom. The highest BCUT2D eigenvalue weighted by molar-refractivity contribution is 5.97. The Bertz CT molecular complexity index is 670.